The predicted molar refractivity (Wildman–Crippen MR) is 149 cm³/mol. The van der Waals surface area contributed by atoms with E-state index in [1.54, 1.807) is 25.2 Å². The third kappa shape index (κ3) is 11.2. The Hall–Kier alpha value is -3.65. The molecule has 1 aromatic heterocycles. The van der Waals surface area contributed by atoms with Crippen molar-refractivity contribution in [2.45, 2.75) is 78.7 Å². The Labute approximate surface area is 225 Å². The Morgan fingerprint density at radius 1 is 1.16 bits per heavy atom. The Balaban J connectivity index is 2.82. The lowest BCUT2D eigenvalue weighted by Gasteiger charge is -2.11. The number of hydrogen-bond acceptors (Lipinski definition) is 7. The molecule has 0 saturated carbocycles. The largest absolute Gasteiger partial charge is 0.507 e. The molecule has 8 nitrogen and oxygen atoms in total. The minimum atomic E-state index is -0.892. The van der Waals surface area contributed by atoms with E-state index in [0.29, 0.717) is 25.7 Å². The summed E-state index contributed by atoms with van der Waals surface area (Å²) in [4.78, 5) is 36.4. The second-order valence-electron chi connectivity index (χ2n) is 9.21. The molecule has 8 heteroatoms. The normalized spacial score (nSPS) is 14.7. The number of allylic oxidation sites excluding steroid dienone is 8. The van der Waals surface area contributed by atoms with Crippen LogP contribution in [-0.2, 0) is 4.74 Å². The average Bonchev–Trinajstić information content (AvgIpc) is 2.89. The lowest BCUT2D eigenvalue weighted by atomic mass is 9.99. The zero-order valence-electron chi connectivity index (χ0n) is 23.2. The van der Waals surface area contributed by atoms with Crippen molar-refractivity contribution in [3.8, 4) is 5.75 Å². The number of amides is 1. The third-order valence-electron chi connectivity index (χ3n) is 6.06. The van der Waals surface area contributed by atoms with Crippen molar-refractivity contribution in [2.24, 2.45) is 0 Å². The Morgan fingerprint density at radius 3 is 2.50 bits per heavy atom. The standard InChI is InChI=1S/C30H41NO7/c1-7-8-9-12-21(3)24(32)17-15-20(2)14-16-23(5)28(34)27-25(33)19-26(38-29(27)35)22(4)13-10-11-18-31-30(36)37-6/h7-8,11-12,14,16,18-19,22,24,32-33H,9-10,13,15,17H2,1-6H3,(H,31,36)/b8-7+,18-11+,20-14+,21-12-,23-16+/t22-,24-/m0/s1. The van der Waals surface area contributed by atoms with Gasteiger partial charge in [0.15, 0.2) is 5.78 Å². The minimum absolute atomic E-state index is 0.209. The molecule has 0 radical (unpaired) electrons. The van der Waals surface area contributed by atoms with Crippen molar-refractivity contribution in [3.63, 3.8) is 0 Å². The number of aromatic hydroxyl groups is 1. The SMILES string of the molecule is C/C=C/C/C=C(/C)[C@@H](O)CC/C(C)=C/C=C(\C)C(=O)c1c(O)cc([C@@H](C)CC/C=C/NC(=O)OC)oc1=O. The van der Waals surface area contributed by atoms with Gasteiger partial charge in [0.2, 0.25) is 0 Å². The Bertz CT molecular complexity index is 1150. The highest BCUT2D eigenvalue weighted by atomic mass is 16.5. The van der Waals surface area contributed by atoms with Gasteiger partial charge in [-0.2, -0.15) is 0 Å². The fraction of sp³-hybridized carbons (Fsp3) is 0.433. The maximum Gasteiger partial charge on any atom is 0.410 e. The molecule has 0 saturated heterocycles. The maximum atomic E-state index is 12.9. The third-order valence-corrected chi connectivity index (χ3v) is 6.06. The van der Waals surface area contributed by atoms with Crippen LogP contribution in [0.4, 0.5) is 4.79 Å². The van der Waals surface area contributed by atoms with Crippen LogP contribution < -0.4 is 10.9 Å². The van der Waals surface area contributed by atoms with E-state index < -0.39 is 34.9 Å². The highest BCUT2D eigenvalue weighted by Crippen LogP contribution is 2.26. The van der Waals surface area contributed by atoms with Crippen LogP contribution in [0.2, 0.25) is 0 Å². The number of hydrogen-bond donors (Lipinski definition) is 3. The lowest BCUT2D eigenvalue weighted by molar-refractivity contribution is 0.102. The zero-order valence-corrected chi connectivity index (χ0v) is 23.2. The molecule has 0 bridgehead atoms. The average molecular weight is 528 g/mol. The fourth-order valence-electron chi connectivity index (χ4n) is 3.45. The summed E-state index contributed by atoms with van der Waals surface area (Å²) in [7, 11) is 1.27. The molecule has 0 aliphatic rings. The van der Waals surface area contributed by atoms with Crippen LogP contribution in [-0.4, -0.2) is 35.3 Å². The van der Waals surface area contributed by atoms with Gasteiger partial charge in [0.25, 0.3) is 0 Å². The lowest BCUT2D eigenvalue weighted by Crippen LogP contribution is -2.17. The molecule has 0 fully saturated rings. The predicted octanol–water partition coefficient (Wildman–Crippen LogP) is 6.23. The van der Waals surface area contributed by atoms with Crippen LogP contribution >= 0.6 is 0 Å². The molecule has 2 atom stereocenters. The van der Waals surface area contributed by atoms with Gasteiger partial charge in [0, 0.05) is 18.2 Å². The van der Waals surface area contributed by atoms with Gasteiger partial charge in [-0.15, -0.1) is 0 Å². The second kappa shape index (κ2) is 17.0. The Morgan fingerprint density at radius 2 is 1.87 bits per heavy atom. The summed E-state index contributed by atoms with van der Waals surface area (Å²) in [6.45, 7) is 9.16. The number of carbonyl (C=O) groups is 2. The van der Waals surface area contributed by atoms with Crippen molar-refractivity contribution in [3.05, 3.63) is 87.2 Å². The first-order valence-electron chi connectivity index (χ1n) is 12.7. The van der Waals surface area contributed by atoms with E-state index in [1.807, 2.05) is 45.9 Å². The highest BCUT2D eigenvalue weighted by Gasteiger charge is 2.22. The molecule has 1 amide bonds. The van der Waals surface area contributed by atoms with E-state index in [9.17, 15) is 24.6 Å². The number of aliphatic hydroxyl groups excluding tert-OH is 1. The molecular weight excluding hydrogens is 486 g/mol. The number of methoxy groups -OCH3 is 1. The summed E-state index contributed by atoms with van der Waals surface area (Å²) in [5.74, 6) is -0.976. The number of rotatable bonds is 14. The molecule has 1 rings (SSSR count). The number of nitrogens with one attached hydrogen (secondary N) is 1. The van der Waals surface area contributed by atoms with Gasteiger partial charge in [-0.1, -0.05) is 49.0 Å². The molecule has 0 aliphatic carbocycles. The van der Waals surface area contributed by atoms with Crippen molar-refractivity contribution >= 4 is 11.9 Å². The molecule has 1 heterocycles. The minimum Gasteiger partial charge on any atom is -0.507 e. The molecular formula is C30H41NO7. The first-order chi connectivity index (χ1) is 18.0. The molecule has 0 aromatic carbocycles. The van der Waals surface area contributed by atoms with Gasteiger partial charge >= 0.3 is 11.7 Å². The van der Waals surface area contributed by atoms with Crippen molar-refractivity contribution in [2.75, 3.05) is 7.11 Å². The number of ketones is 1. The second-order valence-corrected chi connectivity index (χ2v) is 9.21. The summed E-state index contributed by atoms with van der Waals surface area (Å²) in [5.41, 5.74) is 0.870. The first kappa shape index (κ1) is 32.4. The van der Waals surface area contributed by atoms with Crippen LogP contribution in [0.25, 0.3) is 0 Å². The highest BCUT2D eigenvalue weighted by molar-refractivity contribution is 6.09. The van der Waals surface area contributed by atoms with Crippen molar-refractivity contribution < 1.29 is 29.0 Å². The summed E-state index contributed by atoms with van der Waals surface area (Å²) in [5, 5.41) is 23.2. The molecule has 0 spiro atoms. The summed E-state index contributed by atoms with van der Waals surface area (Å²) < 4.78 is 9.82. The van der Waals surface area contributed by atoms with Gasteiger partial charge in [0.1, 0.15) is 17.1 Å². The number of ether oxygens (including phenoxy) is 1. The molecule has 38 heavy (non-hydrogen) atoms. The van der Waals surface area contributed by atoms with Crippen molar-refractivity contribution in [1.82, 2.24) is 5.32 Å². The van der Waals surface area contributed by atoms with E-state index in [-0.39, 0.29) is 17.3 Å². The number of Topliss-reactive ketones (excluding diaryl/α,β-unsaturated/α-hetero) is 1. The van der Waals surface area contributed by atoms with E-state index in [1.165, 1.54) is 19.4 Å². The van der Waals surface area contributed by atoms with E-state index in [2.05, 4.69) is 10.1 Å². The van der Waals surface area contributed by atoms with Gasteiger partial charge in [-0.3, -0.25) is 10.1 Å². The van der Waals surface area contributed by atoms with Gasteiger partial charge in [-0.25, -0.2) is 9.59 Å². The van der Waals surface area contributed by atoms with Crippen LogP contribution in [0.5, 0.6) is 5.75 Å². The molecule has 0 aliphatic heterocycles. The molecule has 208 valence electrons. The first-order valence-corrected chi connectivity index (χ1v) is 12.7. The number of alkyl carbamates (subject to hydrolysis) is 1. The maximum absolute atomic E-state index is 12.9. The molecule has 1 aromatic rings. The van der Waals surface area contributed by atoms with E-state index in [0.717, 1.165) is 17.6 Å². The van der Waals surface area contributed by atoms with Crippen LogP contribution in [0.15, 0.2) is 74.7 Å². The van der Waals surface area contributed by atoms with Crippen LogP contribution in [0, 0.1) is 0 Å². The van der Waals surface area contributed by atoms with Crippen LogP contribution in [0.1, 0.15) is 88.8 Å². The Kier molecular flexibility index (Phi) is 14.5. The number of aliphatic hydroxyl groups is 1. The van der Waals surface area contributed by atoms with Gasteiger partial charge in [0.05, 0.1) is 13.2 Å². The molecule has 3 N–H and O–H groups in total. The smallest absolute Gasteiger partial charge is 0.410 e. The zero-order chi connectivity index (χ0) is 28.7. The number of carbonyl (C=O) groups excluding carboxylic acids is 2. The van der Waals surface area contributed by atoms with Gasteiger partial charge in [-0.05, 0) is 70.9 Å². The quantitative estimate of drug-likeness (QED) is 0.113. The van der Waals surface area contributed by atoms with E-state index >= 15 is 0 Å². The summed E-state index contributed by atoms with van der Waals surface area (Å²) in [6.07, 6.45) is 14.6. The van der Waals surface area contributed by atoms with Crippen LogP contribution in [0.3, 0.4) is 0 Å². The van der Waals surface area contributed by atoms with Gasteiger partial charge < -0.3 is 19.4 Å². The summed E-state index contributed by atoms with van der Waals surface area (Å²) in [6, 6.07) is 1.30. The molecule has 0 unspecified atom stereocenters. The fourth-order valence-corrected chi connectivity index (χ4v) is 3.45. The topological polar surface area (TPSA) is 126 Å². The monoisotopic (exact) mass is 527 g/mol. The van der Waals surface area contributed by atoms with E-state index in [4.69, 9.17) is 4.42 Å². The van der Waals surface area contributed by atoms with Crippen molar-refractivity contribution in [1.29, 1.82) is 0 Å². The summed E-state index contributed by atoms with van der Waals surface area (Å²) >= 11 is 0.